The third-order valence-corrected chi connectivity index (χ3v) is 12.2. The van der Waals surface area contributed by atoms with Gasteiger partial charge < -0.3 is 24.4 Å². The fourth-order valence-electron chi connectivity index (χ4n) is 5.07. The number of nitrogens with zero attached hydrogens (tertiary/aromatic N) is 3. The fourth-order valence-corrected chi connectivity index (χ4v) is 9.04. The van der Waals surface area contributed by atoms with Crippen LogP contribution in [0.3, 0.4) is 0 Å². The van der Waals surface area contributed by atoms with Crippen molar-refractivity contribution in [2.45, 2.75) is 18.0 Å². The Morgan fingerprint density at radius 1 is 1.02 bits per heavy atom. The van der Waals surface area contributed by atoms with E-state index in [0.29, 0.717) is 17.0 Å². The number of benzene rings is 1. The maximum absolute atomic E-state index is 13.7. The zero-order chi connectivity index (χ0) is 32.4. The number of hydrogen-bond acceptors (Lipinski definition) is 16. The zero-order valence-electron chi connectivity index (χ0n) is 24.3. The second-order valence-electron chi connectivity index (χ2n) is 9.67. The van der Waals surface area contributed by atoms with Crippen molar-refractivity contribution in [3.8, 4) is 5.75 Å². The van der Waals surface area contributed by atoms with Gasteiger partial charge in [0.15, 0.2) is 5.75 Å². The fraction of sp³-hybridized carbons (Fsp3) is 0.565. The molecular weight excluding hydrogens is 656 g/mol. The molecule has 1 aromatic heterocycles. The molecule has 0 bridgehead atoms. The van der Waals surface area contributed by atoms with Crippen molar-refractivity contribution in [2.24, 2.45) is 0 Å². The van der Waals surface area contributed by atoms with Gasteiger partial charge in [0.25, 0.3) is 5.08 Å². The van der Waals surface area contributed by atoms with Crippen LogP contribution in [-0.2, 0) is 47.4 Å². The van der Waals surface area contributed by atoms with E-state index in [4.69, 9.17) is 35.0 Å². The van der Waals surface area contributed by atoms with Gasteiger partial charge >= 0.3 is 21.2 Å². The van der Waals surface area contributed by atoms with Gasteiger partial charge in [-0.2, -0.15) is 0 Å². The number of halogens is 1. The molecule has 1 saturated heterocycles. The first-order valence-electron chi connectivity index (χ1n) is 12.9. The largest absolute Gasteiger partial charge is 0.487 e. The van der Waals surface area contributed by atoms with Gasteiger partial charge in [0.05, 0.1) is 57.0 Å². The van der Waals surface area contributed by atoms with Crippen LogP contribution >= 0.6 is 26.8 Å². The van der Waals surface area contributed by atoms with E-state index in [1.807, 2.05) is 11.8 Å². The molecule has 18 nitrogen and oxygen atoms in total. The summed E-state index contributed by atoms with van der Waals surface area (Å²) in [7, 11) is -6.26. The summed E-state index contributed by atoms with van der Waals surface area (Å²) in [5, 5.41) is 18.4. The third kappa shape index (κ3) is 6.03. The molecule has 0 amide bonds. The van der Waals surface area contributed by atoms with E-state index in [1.165, 1.54) is 12.3 Å². The lowest BCUT2D eigenvalue weighted by atomic mass is 10.1. The molecule has 2 aromatic rings. The van der Waals surface area contributed by atoms with Crippen molar-refractivity contribution in [3.05, 3.63) is 33.1 Å². The molecule has 1 unspecified atom stereocenters. The Hall–Kier alpha value is -2.15. The number of pyridine rings is 1. The Kier molecular flexibility index (Phi) is 10.8. The number of aromatic nitrogens is 1. The average molecular weight is 688 g/mol. The van der Waals surface area contributed by atoms with Crippen LogP contribution in [-0.4, -0.2) is 98.5 Å². The summed E-state index contributed by atoms with van der Waals surface area (Å²) in [6, 6.07) is 1.14. The van der Waals surface area contributed by atoms with Crippen LogP contribution in [0.5, 0.6) is 5.75 Å². The van der Waals surface area contributed by atoms with Crippen molar-refractivity contribution in [1.82, 2.24) is 9.47 Å². The van der Waals surface area contributed by atoms with Gasteiger partial charge in [-0.05, 0) is 13.0 Å². The van der Waals surface area contributed by atoms with Crippen molar-refractivity contribution in [3.63, 3.8) is 0 Å². The lowest BCUT2D eigenvalue weighted by Crippen LogP contribution is -2.52. The van der Waals surface area contributed by atoms with E-state index in [2.05, 4.69) is 19.6 Å². The molecule has 0 aliphatic carbocycles. The van der Waals surface area contributed by atoms with Crippen LogP contribution in [0, 0.1) is 0 Å². The normalized spacial score (nSPS) is 18.1. The number of hydrogen-bond donors (Lipinski definition) is 2. The number of piperazine rings is 1. The Bertz CT molecular complexity index is 1500. The summed E-state index contributed by atoms with van der Waals surface area (Å²) in [5.41, 5.74) is -0.216. The number of carbonyl (C=O) groups is 1. The zero-order valence-corrected chi connectivity index (χ0v) is 26.8. The number of anilines is 1. The van der Waals surface area contributed by atoms with E-state index >= 15 is 0 Å². The summed E-state index contributed by atoms with van der Waals surface area (Å²) < 4.78 is 54.0. The minimum Gasteiger partial charge on any atom is -0.487 e. The molecule has 2 aliphatic heterocycles. The Labute approximate surface area is 255 Å². The molecule has 3 heterocycles. The highest BCUT2D eigenvalue weighted by atomic mass is 35.5. The molecule has 1 fully saturated rings. The summed E-state index contributed by atoms with van der Waals surface area (Å²) in [5.74, 6) is -1.05. The average Bonchev–Trinajstić information content (AvgIpc) is 2.96. The highest BCUT2D eigenvalue weighted by molar-refractivity contribution is 7.73. The summed E-state index contributed by atoms with van der Waals surface area (Å²) >= 11 is 6.67. The molecule has 246 valence electrons. The van der Waals surface area contributed by atoms with Crippen LogP contribution in [0.15, 0.2) is 17.1 Å². The first kappa shape index (κ1) is 34.7. The number of aromatic carboxylic acids is 1. The number of carboxylic acid groups (broad SMARTS) is 1. The van der Waals surface area contributed by atoms with Crippen LogP contribution in [0.2, 0.25) is 5.02 Å². The molecule has 1 aromatic carbocycles. The predicted molar refractivity (Wildman–Crippen MR) is 152 cm³/mol. The number of rotatable bonds is 14. The van der Waals surface area contributed by atoms with E-state index in [-0.39, 0.29) is 54.8 Å². The van der Waals surface area contributed by atoms with E-state index < -0.39 is 38.2 Å². The standard InChI is InChI=1S/C23H32ClN3O15P2/c1-14-12-38-21-18-15(20(28)16(22(29)30)11-27(14)18)10-17(24)19(21)26-8-6-25(7-9-26)13-23(31,43(32,39-34-2)40-35-3)44(33,41-36-4)42-37-5/h10-11,14,31H,6-9,12-13H2,1-5H3,(H,29,30). The van der Waals surface area contributed by atoms with E-state index in [9.17, 15) is 28.9 Å². The van der Waals surface area contributed by atoms with E-state index in [1.54, 1.807) is 9.47 Å². The molecule has 4 rings (SSSR count). The topological polar surface area (TPSA) is 203 Å². The molecule has 1 atom stereocenters. The monoisotopic (exact) mass is 687 g/mol. The molecule has 44 heavy (non-hydrogen) atoms. The Morgan fingerprint density at radius 3 is 2.02 bits per heavy atom. The molecular formula is C23H32ClN3O15P2. The smallest absolute Gasteiger partial charge is 0.429 e. The van der Waals surface area contributed by atoms with Gasteiger partial charge in [0.2, 0.25) is 5.43 Å². The first-order valence-corrected chi connectivity index (χ1v) is 16.3. The quantitative estimate of drug-likeness (QED) is 0.166. The maximum atomic E-state index is 13.7. The molecule has 0 spiro atoms. The van der Waals surface area contributed by atoms with Gasteiger partial charge in [0, 0.05) is 32.4 Å². The molecule has 0 saturated carbocycles. The molecule has 2 N–H and O–H groups in total. The van der Waals surface area contributed by atoms with Crippen molar-refractivity contribution in [2.75, 3.05) is 72.7 Å². The Balaban J connectivity index is 1.69. The highest BCUT2D eigenvalue weighted by Crippen LogP contribution is 2.77. The lowest BCUT2D eigenvalue weighted by Gasteiger charge is -2.42. The van der Waals surface area contributed by atoms with Crippen LogP contribution in [0.1, 0.15) is 23.3 Å². The molecule has 21 heteroatoms. The van der Waals surface area contributed by atoms with Crippen molar-refractivity contribution >= 4 is 49.4 Å². The second-order valence-corrected chi connectivity index (χ2v) is 14.5. The van der Waals surface area contributed by atoms with Gasteiger partial charge in [-0.15, -0.1) is 18.7 Å². The number of β-amino-alcohol motifs (C(OH)–C–C–N with tert-alkyl or cyclic N) is 1. The highest BCUT2D eigenvalue weighted by Gasteiger charge is 2.69. The van der Waals surface area contributed by atoms with Crippen molar-refractivity contribution < 1.29 is 67.1 Å². The van der Waals surface area contributed by atoms with Gasteiger partial charge in [-0.1, -0.05) is 11.6 Å². The van der Waals surface area contributed by atoms with E-state index in [0.717, 1.165) is 28.4 Å². The lowest BCUT2D eigenvalue weighted by molar-refractivity contribution is -0.264. The number of ether oxygens (including phenoxy) is 1. The predicted octanol–water partition coefficient (Wildman–Crippen LogP) is 2.77. The SMILES string of the molecule is COOP(=O)(OOC)C(O)(CN1CCN(c2c(Cl)cc3c(=O)c(C(=O)O)cn4c3c2OCC4C)CC1)P(=O)(OOC)OOC. The van der Waals surface area contributed by atoms with Crippen LogP contribution in [0.25, 0.3) is 10.9 Å². The second kappa shape index (κ2) is 13.7. The Morgan fingerprint density at radius 2 is 1.55 bits per heavy atom. The minimum atomic E-state index is -5.06. The maximum Gasteiger partial charge on any atom is 0.429 e. The van der Waals surface area contributed by atoms with Gasteiger partial charge in [-0.3, -0.25) is 18.8 Å². The van der Waals surface area contributed by atoms with Crippen LogP contribution in [0.4, 0.5) is 5.69 Å². The summed E-state index contributed by atoms with van der Waals surface area (Å²) in [4.78, 5) is 46.1. The van der Waals surface area contributed by atoms with Crippen LogP contribution < -0.4 is 15.1 Å². The number of carboxylic acids is 1. The number of aliphatic hydroxyl groups is 1. The van der Waals surface area contributed by atoms with Gasteiger partial charge in [0.1, 0.15) is 17.9 Å². The summed E-state index contributed by atoms with van der Waals surface area (Å²) in [6.07, 6.45) is 1.30. The third-order valence-electron chi connectivity index (χ3n) is 7.06. The molecule has 2 aliphatic rings. The summed E-state index contributed by atoms with van der Waals surface area (Å²) in [6.45, 7) is 2.03. The minimum absolute atomic E-state index is 0.1000. The van der Waals surface area contributed by atoms with Crippen molar-refractivity contribution in [1.29, 1.82) is 0 Å². The van der Waals surface area contributed by atoms with Gasteiger partial charge in [-0.25, -0.2) is 24.3 Å². The molecule has 0 radical (unpaired) electrons. The first-order chi connectivity index (χ1) is 20.8.